The summed E-state index contributed by atoms with van der Waals surface area (Å²) >= 11 is 12.0. The van der Waals surface area contributed by atoms with Crippen molar-refractivity contribution >= 4 is 34.1 Å². The lowest BCUT2D eigenvalue weighted by Crippen LogP contribution is -2.37. The van der Waals surface area contributed by atoms with E-state index in [9.17, 15) is 9.59 Å². The molecule has 0 saturated carbocycles. The largest absolute Gasteiger partial charge is 0.329 e. The van der Waals surface area contributed by atoms with E-state index in [4.69, 9.17) is 23.2 Å². The zero-order chi connectivity index (χ0) is 16.1. The Kier molecular flexibility index (Phi) is 3.32. The molecule has 1 aromatic heterocycles. The predicted octanol–water partition coefficient (Wildman–Crippen LogP) is 3.53. The van der Waals surface area contributed by atoms with Crippen LogP contribution in [0.3, 0.4) is 0 Å². The van der Waals surface area contributed by atoms with Crippen LogP contribution in [0.1, 0.15) is 23.6 Å². The Labute approximate surface area is 141 Å². The minimum absolute atomic E-state index is 0.265. The molecule has 0 bridgehead atoms. The van der Waals surface area contributed by atoms with Crippen LogP contribution in [-0.4, -0.2) is 9.55 Å². The van der Waals surface area contributed by atoms with Gasteiger partial charge in [-0.15, -0.1) is 0 Å². The van der Waals surface area contributed by atoms with Crippen molar-refractivity contribution in [1.29, 1.82) is 0 Å². The third-order valence-corrected chi connectivity index (χ3v) is 4.82. The first-order valence-corrected chi connectivity index (χ1v) is 8.02. The molecule has 1 heterocycles. The van der Waals surface area contributed by atoms with Crippen LogP contribution in [0, 0.1) is 0 Å². The van der Waals surface area contributed by atoms with Crippen LogP contribution < -0.4 is 11.2 Å². The molecule has 23 heavy (non-hydrogen) atoms. The van der Waals surface area contributed by atoms with Crippen molar-refractivity contribution in [1.82, 2.24) is 9.55 Å². The highest BCUT2D eigenvalue weighted by Gasteiger charge is 2.27. The lowest BCUT2D eigenvalue weighted by atomic mass is 10.1. The molecule has 1 aliphatic rings. The first-order chi connectivity index (χ1) is 11.0. The van der Waals surface area contributed by atoms with Crippen LogP contribution >= 0.6 is 23.2 Å². The molecular formula is C17H12Cl2N2O2. The molecule has 0 saturated heterocycles. The molecule has 1 aliphatic carbocycles. The molecule has 4 rings (SSSR count). The van der Waals surface area contributed by atoms with E-state index >= 15 is 0 Å². The maximum absolute atomic E-state index is 12.8. The van der Waals surface area contributed by atoms with Gasteiger partial charge in [0.25, 0.3) is 5.56 Å². The SMILES string of the molecule is O=c1[nH]c2cc(Cl)ccc2c(=O)n1C1CCc2cc(Cl)ccc21. The normalized spacial score (nSPS) is 16.7. The minimum Gasteiger partial charge on any atom is -0.307 e. The summed E-state index contributed by atoms with van der Waals surface area (Å²) in [5.74, 6) is 0. The first-order valence-electron chi connectivity index (χ1n) is 7.27. The van der Waals surface area contributed by atoms with Gasteiger partial charge in [-0.1, -0.05) is 29.3 Å². The fourth-order valence-corrected chi connectivity index (χ4v) is 3.69. The number of hydrogen-bond acceptors (Lipinski definition) is 2. The maximum atomic E-state index is 12.8. The van der Waals surface area contributed by atoms with Gasteiger partial charge >= 0.3 is 5.69 Å². The Morgan fingerprint density at radius 3 is 2.61 bits per heavy atom. The van der Waals surface area contributed by atoms with E-state index in [0.717, 1.165) is 17.5 Å². The second-order valence-corrected chi connectivity index (χ2v) is 6.57. The van der Waals surface area contributed by atoms with E-state index in [1.165, 1.54) is 4.57 Å². The monoisotopic (exact) mass is 346 g/mol. The third-order valence-electron chi connectivity index (χ3n) is 4.35. The van der Waals surface area contributed by atoms with Crippen molar-refractivity contribution in [2.75, 3.05) is 0 Å². The summed E-state index contributed by atoms with van der Waals surface area (Å²) in [6, 6.07) is 10.2. The zero-order valence-electron chi connectivity index (χ0n) is 12.0. The Hall–Kier alpha value is -2.04. The predicted molar refractivity (Wildman–Crippen MR) is 91.8 cm³/mol. The zero-order valence-corrected chi connectivity index (χ0v) is 13.5. The van der Waals surface area contributed by atoms with Crippen LogP contribution in [0.4, 0.5) is 0 Å². The highest BCUT2D eigenvalue weighted by atomic mass is 35.5. The molecule has 1 unspecified atom stereocenters. The number of nitrogens with zero attached hydrogens (tertiary/aromatic N) is 1. The number of aromatic nitrogens is 2. The van der Waals surface area contributed by atoms with Crippen molar-refractivity contribution in [2.24, 2.45) is 0 Å². The summed E-state index contributed by atoms with van der Waals surface area (Å²) in [5, 5.41) is 1.60. The number of halogens is 2. The minimum atomic E-state index is -0.419. The molecular weight excluding hydrogens is 335 g/mol. The van der Waals surface area contributed by atoms with E-state index in [1.807, 2.05) is 12.1 Å². The number of H-pyrrole nitrogens is 1. The molecule has 0 radical (unpaired) electrons. The Bertz CT molecular complexity index is 1050. The van der Waals surface area contributed by atoms with Gasteiger partial charge in [-0.05, 0) is 54.3 Å². The van der Waals surface area contributed by atoms with Gasteiger partial charge in [-0.25, -0.2) is 4.79 Å². The highest BCUT2D eigenvalue weighted by molar-refractivity contribution is 6.31. The van der Waals surface area contributed by atoms with E-state index in [0.29, 0.717) is 27.4 Å². The van der Waals surface area contributed by atoms with Crippen LogP contribution in [0.5, 0.6) is 0 Å². The fraction of sp³-hybridized carbons (Fsp3) is 0.176. The smallest absolute Gasteiger partial charge is 0.307 e. The van der Waals surface area contributed by atoms with Crippen LogP contribution in [0.15, 0.2) is 46.0 Å². The molecule has 0 aliphatic heterocycles. The van der Waals surface area contributed by atoms with E-state index in [-0.39, 0.29) is 11.6 Å². The summed E-state index contributed by atoms with van der Waals surface area (Å²) in [4.78, 5) is 28.0. The van der Waals surface area contributed by atoms with Gasteiger partial charge < -0.3 is 4.98 Å². The summed E-state index contributed by atoms with van der Waals surface area (Å²) < 4.78 is 1.30. The van der Waals surface area contributed by atoms with Crippen molar-refractivity contribution in [2.45, 2.75) is 18.9 Å². The standard InChI is InChI=1S/C17H12Cl2N2O2/c18-10-2-4-12-9(7-10)1-6-15(12)21-16(22)13-5-3-11(19)8-14(13)20-17(21)23/h2-5,7-8,15H,1,6H2,(H,20,23). The van der Waals surface area contributed by atoms with Gasteiger partial charge in [0.15, 0.2) is 0 Å². The van der Waals surface area contributed by atoms with Crippen molar-refractivity contribution in [3.05, 3.63) is 78.4 Å². The molecule has 0 fully saturated rings. The van der Waals surface area contributed by atoms with E-state index < -0.39 is 5.69 Å². The van der Waals surface area contributed by atoms with Crippen molar-refractivity contribution in [3.63, 3.8) is 0 Å². The number of hydrogen-bond donors (Lipinski definition) is 1. The summed E-state index contributed by atoms with van der Waals surface area (Å²) in [6.45, 7) is 0. The molecule has 4 nitrogen and oxygen atoms in total. The molecule has 3 aromatic rings. The van der Waals surface area contributed by atoms with Gasteiger partial charge in [0.05, 0.1) is 16.9 Å². The molecule has 6 heteroatoms. The lowest BCUT2D eigenvalue weighted by molar-refractivity contribution is 0.538. The Balaban J connectivity index is 1.97. The number of aryl methyl sites for hydroxylation is 1. The number of fused-ring (bicyclic) bond motifs is 2. The van der Waals surface area contributed by atoms with Gasteiger partial charge in [0, 0.05) is 10.0 Å². The van der Waals surface area contributed by atoms with Crippen LogP contribution in [0.25, 0.3) is 10.9 Å². The number of aromatic amines is 1. The number of nitrogens with one attached hydrogen (secondary N) is 1. The van der Waals surface area contributed by atoms with Gasteiger partial charge in [0.1, 0.15) is 0 Å². The molecule has 0 amide bonds. The van der Waals surface area contributed by atoms with E-state index in [1.54, 1.807) is 24.3 Å². The van der Waals surface area contributed by atoms with Gasteiger partial charge in [-0.2, -0.15) is 0 Å². The summed E-state index contributed by atoms with van der Waals surface area (Å²) in [5.41, 5.74) is 1.81. The Morgan fingerprint density at radius 1 is 1.04 bits per heavy atom. The highest BCUT2D eigenvalue weighted by Crippen LogP contribution is 2.34. The second kappa shape index (κ2) is 5.25. The second-order valence-electron chi connectivity index (χ2n) is 5.69. The maximum Gasteiger partial charge on any atom is 0.329 e. The van der Waals surface area contributed by atoms with Crippen molar-refractivity contribution < 1.29 is 0 Å². The Morgan fingerprint density at radius 2 is 1.78 bits per heavy atom. The number of rotatable bonds is 1. The van der Waals surface area contributed by atoms with Gasteiger partial charge in [0.2, 0.25) is 0 Å². The molecule has 2 aromatic carbocycles. The van der Waals surface area contributed by atoms with Gasteiger partial charge in [-0.3, -0.25) is 9.36 Å². The van der Waals surface area contributed by atoms with E-state index in [2.05, 4.69) is 4.98 Å². The van der Waals surface area contributed by atoms with Crippen molar-refractivity contribution in [3.8, 4) is 0 Å². The molecule has 1 atom stereocenters. The molecule has 0 spiro atoms. The molecule has 116 valence electrons. The van der Waals surface area contributed by atoms with Crippen LogP contribution in [0.2, 0.25) is 10.0 Å². The molecule has 1 N–H and O–H groups in total. The summed E-state index contributed by atoms with van der Waals surface area (Å²) in [6.07, 6.45) is 1.50. The van der Waals surface area contributed by atoms with Crippen LogP contribution in [-0.2, 0) is 6.42 Å². The quantitative estimate of drug-likeness (QED) is 0.732. The average molecular weight is 347 g/mol. The first kappa shape index (κ1) is 14.5. The topological polar surface area (TPSA) is 54.9 Å². The lowest BCUT2D eigenvalue weighted by Gasteiger charge is -2.15. The number of benzene rings is 2. The average Bonchev–Trinajstić information content (AvgIpc) is 2.89. The third kappa shape index (κ3) is 2.30. The fourth-order valence-electron chi connectivity index (χ4n) is 3.32. The summed E-state index contributed by atoms with van der Waals surface area (Å²) in [7, 11) is 0.